The van der Waals surface area contributed by atoms with E-state index in [0.717, 1.165) is 4.90 Å². The number of halogens is 2. The number of nitrogens with one attached hydrogen (secondary N) is 1. The average Bonchev–Trinajstić information content (AvgIpc) is 3.59. The van der Waals surface area contributed by atoms with Crippen LogP contribution in [0.3, 0.4) is 0 Å². The first-order valence-electron chi connectivity index (χ1n) is 11.7. The molecule has 0 fully saturated rings. The van der Waals surface area contributed by atoms with Crippen molar-refractivity contribution in [1.82, 2.24) is 9.78 Å². The Morgan fingerprint density at radius 1 is 0.895 bits per heavy atom. The van der Waals surface area contributed by atoms with Crippen molar-refractivity contribution < 1.29 is 23.6 Å². The highest BCUT2D eigenvalue weighted by Gasteiger charge is 2.48. The van der Waals surface area contributed by atoms with E-state index in [1.807, 2.05) is 6.92 Å². The summed E-state index contributed by atoms with van der Waals surface area (Å²) in [6, 6.07) is 14.8. The molecular formula is C27H19Cl2N4O5+. The quantitative estimate of drug-likeness (QED) is 0.300. The summed E-state index contributed by atoms with van der Waals surface area (Å²) in [7, 11) is 0. The number of imide groups is 1. The summed E-state index contributed by atoms with van der Waals surface area (Å²) in [5.41, 5.74) is 0.861. The Morgan fingerprint density at radius 2 is 1.63 bits per heavy atom. The molecule has 0 atom stereocenters. The van der Waals surface area contributed by atoms with Gasteiger partial charge in [-0.2, -0.15) is 4.57 Å². The monoisotopic (exact) mass is 549 g/mol. The van der Waals surface area contributed by atoms with Gasteiger partial charge in [0.05, 0.1) is 27.0 Å². The second-order valence-corrected chi connectivity index (χ2v) is 9.36. The van der Waals surface area contributed by atoms with Gasteiger partial charge in [-0.3, -0.25) is 19.5 Å². The van der Waals surface area contributed by atoms with Crippen LogP contribution < -0.4 is 24.5 Å². The number of pyridine rings is 1. The van der Waals surface area contributed by atoms with Crippen LogP contribution in [0.1, 0.15) is 18.2 Å². The molecule has 190 valence electrons. The zero-order valence-electron chi connectivity index (χ0n) is 19.9. The number of aryl methyl sites for hydroxylation is 1. The van der Waals surface area contributed by atoms with Crippen molar-refractivity contribution >= 4 is 52.0 Å². The van der Waals surface area contributed by atoms with Crippen LogP contribution in [-0.2, 0) is 16.0 Å². The van der Waals surface area contributed by atoms with E-state index in [1.54, 1.807) is 67.0 Å². The van der Waals surface area contributed by atoms with Crippen LogP contribution in [0.25, 0.3) is 17.0 Å². The standard InChI is InChI=1S/C27H18Cl2N4O5/c1-2-19-22(26(35)33(30-19)16-6-8-17(28)18(29)12-16)23-24(31-10-4-3-5-11-31)27(36)32(25(23)34)15-7-9-20-21(13-15)38-14-37-20/h3-13H,2,14H2,1H3/p+1. The summed E-state index contributed by atoms with van der Waals surface area (Å²) in [6.45, 7) is 1.90. The lowest BCUT2D eigenvalue weighted by molar-refractivity contribution is -0.576. The number of carbonyl (C=O) groups is 2. The third kappa shape index (κ3) is 3.70. The van der Waals surface area contributed by atoms with E-state index >= 15 is 0 Å². The van der Waals surface area contributed by atoms with Gasteiger partial charge in [-0.15, -0.1) is 0 Å². The fourth-order valence-electron chi connectivity index (χ4n) is 4.59. The van der Waals surface area contributed by atoms with Gasteiger partial charge in [-0.05, 0) is 36.8 Å². The maximum absolute atomic E-state index is 14.0. The molecule has 0 spiro atoms. The number of fused-ring (bicyclic) bond motifs is 1. The molecule has 0 aliphatic carbocycles. The third-order valence-corrected chi connectivity index (χ3v) is 7.12. The minimum absolute atomic E-state index is 0.0132. The smallest absolute Gasteiger partial charge is 0.331 e. The first-order valence-corrected chi connectivity index (χ1v) is 12.4. The maximum atomic E-state index is 14.0. The molecule has 0 saturated carbocycles. The highest BCUT2D eigenvalue weighted by Crippen LogP contribution is 2.39. The molecule has 2 amide bonds. The van der Waals surface area contributed by atoms with Crippen LogP contribution in [0.4, 0.5) is 5.69 Å². The number of aromatic nitrogens is 3. The Hall–Kier alpha value is -4.34. The Morgan fingerprint density at radius 3 is 2.37 bits per heavy atom. The SMILES string of the molecule is CCc1[nH]n(-c2ccc(Cl)c(Cl)c2)c(=O)c1C1=C([n+]2ccccc2)C(=O)N(c2ccc3c(c2)OCO3)C1=O. The van der Waals surface area contributed by atoms with Crippen molar-refractivity contribution in [3.05, 3.63) is 98.6 Å². The lowest BCUT2D eigenvalue weighted by Gasteiger charge is -2.14. The molecule has 2 aliphatic heterocycles. The topological polar surface area (TPSA) is 97.5 Å². The number of ether oxygens (including phenoxy) is 2. The van der Waals surface area contributed by atoms with Gasteiger partial charge in [-0.25, -0.2) is 9.58 Å². The zero-order chi connectivity index (χ0) is 26.6. The van der Waals surface area contributed by atoms with Crippen molar-refractivity contribution in [2.75, 3.05) is 11.7 Å². The molecule has 0 unspecified atom stereocenters. The first-order chi connectivity index (χ1) is 18.4. The van der Waals surface area contributed by atoms with Crippen LogP contribution in [-0.4, -0.2) is 28.4 Å². The van der Waals surface area contributed by atoms with Crippen LogP contribution >= 0.6 is 23.2 Å². The fourth-order valence-corrected chi connectivity index (χ4v) is 4.88. The largest absolute Gasteiger partial charge is 0.454 e. The molecule has 0 saturated heterocycles. The molecule has 0 bridgehead atoms. The lowest BCUT2D eigenvalue weighted by Crippen LogP contribution is -2.39. The summed E-state index contributed by atoms with van der Waals surface area (Å²) in [5.74, 6) is -0.276. The molecule has 9 nitrogen and oxygen atoms in total. The predicted octanol–water partition coefficient (Wildman–Crippen LogP) is 3.99. The van der Waals surface area contributed by atoms with Crippen LogP contribution in [0.15, 0.2) is 71.8 Å². The summed E-state index contributed by atoms with van der Waals surface area (Å²) >= 11 is 12.3. The van der Waals surface area contributed by atoms with Gasteiger partial charge in [0.1, 0.15) is 5.57 Å². The van der Waals surface area contributed by atoms with Crippen molar-refractivity contribution in [2.24, 2.45) is 0 Å². The number of carbonyl (C=O) groups excluding carboxylic acids is 2. The summed E-state index contributed by atoms with van der Waals surface area (Å²) in [4.78, 5) is 42.8. The lowest BCUT2D eigenvalue weighted by atomic mass is 10.0. The average molecular weight is 550 g/mol. The van der Waals surface area contributed by atoms with E-state index < -0.39 is 17.4 Å². The van der Waals surface area contributed by atoms with E-state index in [1.165, 1.54) is 9.25 Å². The van der Waals surface area contributed by atoms with E-state index in [0.29, 0.717) is 40.0 Å². The third-order valence-electron chi connectivity index (χ3n) is 6.38. The molecule has 38 heavy (non-hydrogen) atoms. The first kappa shape index (κ1) is 24.0. The van der Waals surface area contributed by atoms with Crippen LogP contribution in [0.2, 0.25) is 10.0 Å². The van der Waals surface area contributed by atoms with E-state index in [-0.39, 0.29) is 28.6 Å². The van der Waals surface area contributed by atoms with Gasteiger partial charge in [0.2, 0.25) is 6.79 Å². The van der Waals surface area contributed by atoms with Gasteiger partial charge in [-0.1, -0.05) is 36.2 Å². The Kier molecular flexibility index (Phi) is 5.81. The van der Waals surface area contributed by atoms with Crippen molar-refractivity contribution in [3.63, 3.8) is 0 Å². The molecule has 6 rings (SSSR count). The second-order valence-electron chi connectivity index (χ2n) is 8.55. The van der Waals surface area contributed by atoms with Gasteiger partial charge in [0.25, 0.3) is 17.2 Å². The minimum Gasteiger partial charge on any atom is -0.454 e. The Bertz CT molecular complexity index is 1730. The van der Waals surface area contributed by atoms with Crippen molar-refractivity contribution in [3.8, 4) is 17.2 Å². The molecule has 2 aromatic carbocycles. The van der Waals surface area contributed by atoms with E-state index in [9.17, 15) is 14.4 Å². The van der Waals surface area contributed by atoms with Crippen LogP contribution in [0, 0.1) is 0 Å². The van der Waals surface area contributed by atoms with E-state index in [2.05, 4.69) is 5.10 Å². The number of benzene rings is 2. The number of anilines is 1. The maximum Gasteiger partial charge on any atom is 0.331 e. The number of H-pyrrole nitrogens is 1. The number of hydrogen-bond donors (Lipinski definition) is 1. The van der Waals surface area contributed by atoms with Crippen molar-refractivity contribution in [2.45, 2.75) is 13.3 Å². The molecule has 1 N–H and O–H groups in total. The highest BCUT2D eigenvalue weighted by atomic mass is 35.5. The number of amides is 2. The van der Waals surface area contributed by atoms with Gasteiger partial charge in [0, 0.05) is 23.9 Å². The summed E-state index contributed by atoms with van der Waals surface area (Å²) in [6.07, 6.45) is 3.69. The number of aromatic amines is 1. The Balaban J connectivity index is 1.56. The summed E-state index contributed by atoms with van der Waals surface area (Å²) in [5, 5.41) is 3.69. The molecule has 2 aromatic heterocycles. The highest BCUT2D eigenvalue weighted by molar-refractivity contribution is 6.53. The Labute approximate surface area is 226 Å². The van der Waals surface area contributed by atoms with Crippen molar-refractivity contribution in [1.29, 1.82) is 0 Å². The molecule has 4 aromatic rings. The number of nitrogens with zero attached hydrogens (tertiary/aromatic N) is 3. The van der Waals surface area contributed by atoms with Gasteiger partial charge < -0.3 is 9.47 Å². The minimum atomic E-state index is -0.632. The fraction of sp³-hybridized carbons (Fsp3) is 0.111. The number of hydrogen-bond acceptors (Lipinski definition) is 5. The van der Waals surface area contributed by atoms with E-state index in [4.69, 9.17) is 32.7 Å². The number of rotatable bonds is 5. The molecule has 2 aliphatic rings. The molecule has 11 heteroatoms. The summed E-state index contributed by atoms with van der Waals surface area (Å²) < 4.78 is 13.6. The molecule has 0 radical (unpaired) electrons. The van der Waals surface area contributed by atoms with Gasteiger partial charge >= 0.3 is 5.91 Å². The predicted molar refractivity (Wildman–Crippen MR) is 141 cm³/mol. The van der Waals surface area contributed by atoms with Gasteiger partial charge in [0.15, 0.2) is 23.9 Å². The molecule has 4 heterocycles. The normalized spacial score (nSPS) is 14.7. The second kappa shape index (κ2) is 9.20. The molecular weight excluding hydrogens is 531 g/mol. The van der Waals surface area contributed by atoms with Crippen LogP contribution in [0.5, 0.6) is 11.5 Å². The zero-order valence-corrected chi connectivity index (χ0v) is 21.4.